The molecule has 3 heterocycles. The number of amides is 2. The third-order valence-corrected chi connectivity index (χ3v) is 6.16. The number of nitrogens with one attached hydrogen (secondary N) is 2. The lowest BCUT2D eigenvalue weighted by atomic mass is 10.1. The number of anilines is 1. The SMILES string of the molecule is CCOC(=O)c1c(NC(=O)COC(=O)c2csc(-c3ncccn3)n2)sc(C(=O)NC)c1C. The molecular weight excluding hydrogens is 470 g/mol. The summed E-state index contributed by atoms with van der Waals surface area (Å²) >= 11 is 2.08. The van der Waals surface area contributed by atoms with E-state index in [-0.39, 0.29) is 27.7 Å². The molecule has 172 valence electrons. The molecule has 0 aliphatic carbocycles. The highest BCUT2D eigenvalue weighted by Crippen LogP contribution is 2.33. The Kier molecular flexibility index (Phi) is 7.79. The van der Waals surface area contributed by atoms with Gasteiger partial charge in [-0.1, -0.05) is 0 Å². The van der Waals surface area contributed by atoms with Crippen molar-refractivity contribution in [3.63, 3.8) is 0 Å². The lowest BCUT2D eigenvalue weighted by molar-refractivity contribution is -0.119. The summed E-state index contributed by atoms with van der Waals surface area (Å²) in [6, 6.07) is 1.66. The van der Waals surface area contributed by atoms with Crippen molar-refractivity contribution in [1.29, 1.82) is 0 Å². The highest BCUT2D eigenvalue weighted by atomic mass is 32.1. The predicted octanol–water partition coefficient (Wildman–Crippen LogP) is 2.30. The van der Waals surface area contributed by atoms with Crippen LogP contribution >= 0.6 is 22.7 Å². The Morgan fingerprint density at radius 1 is 1.09 bits per heavy atom. The molecule has 0 saturated heterocycles. The molecule has 0 radical (unpaired) electrons. The first-order chi connectivity index (χ1) is 15.8. The monoisotopic (exact) mass is 489 g/mol. The highest BCUT2D eigenvalue weighted by Gasteiger charge is 2.26. The molecule has 3 aromatic rings. The van der Waals surface area contributed by atoms with Gasteiger partial charge in [0.15, 0.2) is 23.1 Å². The second-order valence-corrected chi connectivity index (χ2v) is 8.17. The van der Waals surface area contributed by atoms with Crippen LogP contribution < -0.4 is 10.6 Å². The number of carbonyl (C=O) groups is 4. The van der Waals surface area contributed by atoms with Crippen molar-refractivity contribution in [3.05, 3.63) is 45.5 Å². The molecule has 0 aliphatic heterocycles. The zero-order valence-corrected chi connectivity index (χ0v) is 19.5. The molecule has 0 saturated carbocycles. The van der Waals surface area contributed by atoms with Gasteiger partial charge in [0.2, 0.25) is 0 Å². The van der Waals surface area contributed by atoms with Crippen LogP contribution in [0.3, 0.4) is 0 Å². The summed E-state index contributed by atoms with van der Waals surface area (Å²) in [5.41, 5.74) is 0.465. The number of aromatic nitrogens is 3. The average Bonchev–Trinajstić information content (AvgIpc) is 3.43. The van der Waals surface area contributed by atoms with Crippen LogP contribution in [0, 0.1) is 6.92 Å². The van der Waals surface area contributed by atoms with E-state index in [0.29, 0.717) is 16.4 Å². The normalized spacial score (nSPS) is 10.4. The Bertz CT molecular complexity index is 1190. The number of thiophene rings is 1. The van der Waals surface area contributed by atoms with Gasteiger partial charge in [-0.3, -0.25) is 9.59 Å². The van der Waals surface area contributed by atoms with Crippen LogP contribution in [-0.4, -0.2) is 59.0 Å². The van der Waals surface area contributed by atoms with Crippen molar-refractivity contribution in [2.24, 2.45) is 0 Å². The Hall–Kier alpha value is -3.71. The number of ether oxygens (including phenoxy) is 2. The third-order valence-electron chi connectivity index (χ3n) is 4.12. The number of thiazole rings is 1. The first kappa shape index (κ1) is 23.9. The Balaban J connectivity index is 1.68. The number of rotatable bonds is 8. The average molecular weight is 490 g/mol. The van der Waals surface area contributed by atoms with Gasteiger partial charge in [0, 0.05) is 24.8 Å². The van der Waals surface area contributed by atoms with Crippen molar-refractivity contribution in [3.8, 4) is 10.8 Å². The first-order valence-corrected chi connectivity index (χ1v) is 11.3. The zero-order chi connectivity index (χ0) is 24.0. The van der Waals surface area contributed by atoms with Crippen LogP contribution in [-0.2, 0) is 14.3 Å². The van der Waals surface area contributed by atoms with Gasteiger partial charge < -0.3 is 20.1 Å². The summed E-state index contributed by atoms with van der Waals surface area (Å²) in [5.74, 6) is -2.21. The maximum atomic E-state index is 12.4. The second kappa shape index (κ2) is 10.7. The third kappa shape index (κ3) is 5.56. The van der Waals surface area contributed by atoms with E-state index in [1.165, 1.54) is 12.4 Å². The van der Waals surface area contributed by atoms with Gasteiger partial charge >= 0.3 is 11.9 Å². The van der Waals surface area contributed by atoms with E-state index < -0.39 is 30.4 Å². The second-order valence-electron chi connectivity index (χ2n) is 6.29. The van der Waals surface area contributed by atoms with Gasteiger partial charge in [-0.15, -0.1) is 22.7 Å². The molecule has 2 amide bonds. The van der Waals surface area contributed by atoms with Gasteiger partial charge in [-0.2, -0.15) is 0 Å². The van der Waals surface area contributed by atoms with Gasteiger partial charge in [0.05, 0.1) is 17.0 Å². The van der Waals surface area contributed by atoms with Crippen LogP contribution in [0.5, 0.6) is 0 Å². The van der Waals surface area contributed by atoms with Crippen molar-refractivity contribution < 1.29 is 28.7 Å². The van der Waals surface area contributed by atoms with E-state index in [2.05, 4.69) is 25.6 Å². The molecule has 0 aliphatic rings. The lowest BCUT2D eigenvalue weighted by Crippen LogP contribution is -2.22. The van der Waals surface area contributed by atoms with Crippen LogP contribution in [0.15, 0.2) is 23.8 Å². The van der Waals surface area contributed by atoms with Crippen LogP contribution in [0.2, 0.25) is 0 Å². The zero-order valence-electron chi connectivity index (χ0n) is 17.8. The van der Waals surface area contributed by atoms with E-state index in [4.69, 9.17) is 9.47 Å². The maximum Gasteiger partial charge on any atom is 0.358 e. The predicted molar refractivity (Wildman–Crippen MR) is 120 cm³/mol. The maximum absolute atomic E-state index is 12.4. The number of nitrogens with zero attached hydrogens (tertiary/aromatic N) is 3. The van der Waals surface area contributed by atoms with Crippen LogP contribution in [0.25, 0.3) is 10.8 Å². The molecular formula is C20H19N5O6S2. The van der Waals surface area contributed by atoms with E-state index in [0.717, 1.165) is 22.7 Å². The topological polar surface area (TPSA) is 149 Å². The lowest BCUT2D eigenvalue weighted by Gasteiger charge is -2.07. The molecule has 0 fully saturated rings. The van der Waals surface area contributed by atoms with E-state index in [9.17, 15) is 19.2 Å². The number of esters is 2. The van der Waals surface area contributed by atoms with E-state index in [1.54, 1.807) is 32.3 Å². The summed E-state index contributed by atoms with van der Waals surface area (Å²) in [7, 11) is 1.46. The largest absolute Gasteiger partial charge is 0.462 e. The molecule has 0 unspecified atom stereocenters. The van der Waals surface area contributed by atoms with Crippen molar-refractivity contribution >= 4 is 51.4 Å². The minimum absolute atomic E-state index is 0.0105. The van der Waals surface area contributed by atoms with Crippen molar-refractivity contribution in [2.45, 2.75) is 13.8 Å². The summed E-state index contributed by atoms with van der Waals surface area (Å²) in [4.78, 5) is 61.6. The summed E-state index contributed by atoms with van der Waals surface area (Å²) < 4.78 is 10.1. The molecule has 3 aromatic heterocycles. The van der Waals surface area contributed by atoms with Gasteiger partial charge in [0.1, 0.15) is 5.00 Å². The summed E-state index contributed by atoms with van der Waals surface area (Å²) in [5, 5.41) is 7.03. The van der Waals surface area contributed by atoms with Gasteiger partial charge in [0.25, 0.3) is 11.8 Å². The number of hydrogen-bond donors (Lipinski definition) is 2. The minimum atomic E-state index is -0.803. The molecule has 33 heavy (non-hydrogen) atoms. The first-order valence-electron chi connectivity index (χ1n) is 9.58. The molecule has 3 rings (SSSR count). The molecule has 11 nitrogen and oxygen atoms in total. The molecule has 0 bridgehead atoms. The summed E-state index contributed by atoms with van der Waals surface area (Å²) in [6.45, 7) is 2.73. The molecule has 0 aromatic carbocycles. The van der Waals surface area contributed by atoms with Crippen LogP contribution in [0.1, 0.15) is 43.0 Å². The Morgan fingerprint density at radius 3 is 2.48 bits per heavy atom. The van der Waals surface area contributed by atoms with Crippen molar-refractivity contribution in [1.82, 2.24) is 20.3 Å². The number of carbonyl (C=O) groups excluding carboxylic acids is 4. The minimum Gasteiger partial charge on any atom is -0.462 e. The van der Waals surface area contributed by atoms with Crippen molar-refractivity contribution in [2.75, 3.05) is 25.6 Å². The summed E-state index contributed by atoms with van der Waals surface area (Å²) in [6.07, 6.45) is 3.11. The molecule has 0 atom stereocenters. The van der Waals surface area contributed by atoms with Gasteiger partial charge in [-0.05, 0) is 25.5 Å². The molecule has 13 heteroatoms. The Labute approximate surface area is 196 Å². The smallest absolute Gasteiger partial charge is 0.358 e. The van der Waals surface area contributed by atoms with E-state index >= 15 is 0 Å². The van der Waals surface area contributed by atoms with E-state index in [1.807, 2.05) is 0 Å². The quantitative estimate of drug-likeness (QED) is 0.454. The molecule has 2 N–H and O–H groups in total. The fourth-order valence-corrected chi connectivity index (χ4v) is 4.52. The van der Waals surface area contributed by atoms with Crippen LogP contribution in [0.4, 0.5) is 5.00 Å². The standard InChI is InChI=1S/C20H19N5O6S2/c1-4-30-20(29)13-10(2)14(16(27)21-3)33-17(13)25-12(26)8-31-19(28)11-9-32-18(24-11)15-22-6-5-7-23-15/h5-7,9H,4,8H2,1-3H3,(H,21,27)(H,25,26). The van der Waals surface area contributed by atoms with Gasteiger partial charge in [-0.25, -0.2) is 24.5 Å². The number of hydrogen-bond acceptors (Lipinski definition) is 11. The Morgan fingerprint density at radius 2 is 1.82 bits per heavy atom. The molecule has 0 spiro atoms. The fraction of sp³-hybridized carbons (Fsp3) is 0.250. The fourth-order valence-electron chi connectivity index (χ4n) is 2.63. The highest BCUT2D eigenvalue weighted by molar-refractivity contribution is 7.18.